The smallest absolute Gasteiger partial charge is 0.409 e. The summed E-state index contributed by atoms with van der Waals surface area (Å²) in [7, 11) is 0. The Hall–Kier alpha value is -1.24. The number of carbonyl (C=O) groups is 1. The van der Waals surface area contributed by atoms with Crippen LogP contribution in [0, 0.1) is 0 Å². The normalized spacial score (nSPS) is 16.0. The molecule has 1 aliphatic rings. The standard InChI is InChI=1S/C7H10N4O2S/c12-7-11(1-3-13-7)2-4-14-6-5-8-10-9-6/h5H,1-4H2,(H,8,9,10). The highest BCUT2D eigenvalue weighted by atomic mass is 32.2. The molecule has 1 saturated heterocycles. The molecule has 1 amide bonds. The van der Waals surface area contributed by atoms with Crippen molar-refractivity contribution in [2.24, 2.45) is 0 Å². The molecule has 1 aromatic rings. The number of thioether (sulfide) groups is 1. The van der Waals surface area contributed by atoms with E-state index in [0.717, 1.165) is 10.8 Å². The van der Waals surface area contributed by atoms with E-state index in [9.17, 15) is 4.79 Å². The average Bonchev–Trinajstić information content (AvgIpc) is 2.78. The number of ether oxygens (including phenoxy) is 1. The Bertz CT molecular complexity index is 303. The van der Waals surface area contributed by atoms with Crippen LogP contribution in [0.15, 0.2) is 11.2 Å². The maximum absolute atomic E-state index is 11.0. The molecule has 0 bridgehead atoms. The second-order valence-electron chi connectivity index (χ2n) is 2.76. The van der Waals surface area contributed by atoms with Gasteiger partial charge in [-0.25, -0.2) is 4.79 Å². The third kappa shape index (κ3) is 2.16. The maximum atomic E-state index is 11.0. The summed E-state index contributed by atoms with van der Waals surface area (Å²) in [5, 5.41) is 11.0. The molecule has 1 fully saturated rings. The van der Waals surface area contributed by atoms with E-state index in [1.54, 1.807) is 22.9 Å². The minimum Gasteiger partial charge on any atom is -0.448 e. The number of nitrogens with zero attached hydrogens (tertiary/aromatic N) is 3. The number of aromatic amines is 1. The molecule has 1 aromatic heterocycles. The van der Waals surface area contributed by atoms with Gasteiger partial charge in [-0.1, -0.05) is 0 Å². The predicted molar refractivity (Wildman–Crippen MR) is 50.0 cm³/mol. The van der Waals surface area contributed by atoms with Crippen molar-refractivity contribution in [1.82, 2.24) is 20.3 Å². The molecule has 0 atom stereocenters. The topological polar surface area (TPSA) is 71.1 Å². The van der Waals surface area contributed by atoms with Crippen molar-refractivity contribution in [3.8, 4) is 0 Å². The van der Waals surface area contributed by atoms with Crippen molar-refractivity contribution < 1.29 is 9.53 Å². The van der Waals surface area contributed by atoms with Crippen LogP contribution in [0.25, 0.3) is 0 Å². The number of aromatic nitrogens is 3. The first kappa shape index (κ1) is 9.32. The first-order valence-electron chi connectivity index (χ1n) is 4.26. The third-order valence-electron chi connectivity index (χ3n) is 1.85. The van der Waals surface area contributed by atoms with Gasteiger partial charge in [0.15, 0.2) is 0 Å². The molecule has 2 rings (SSSR count). The van der Waals surface area contributed by atoms with Crippen LogP contribution in [0.3, 0.4) is 0 Å². The van der Waals surface area contributed by atoms with Gasteiger partial charge in [0.1, 0.15) is 11.6 Å². The molecule has 0 saturated carbocycles. The Kier molecular flexibility index (Phi) is 2.87. The fourth-order valence-corrected chi connectivity index (χ4v) is 1.90. The van der Waals surface area contributed by atoms with Crippen molar-refractivity contribution in [2.75, 3.05) is 25.4 Å². The van der Waals surface area contributed by atoms with E-state index in [1.165, 1.54) is 0 Å². The first-order valence-corrected chi connectivity index (χ1v) is 5.25. The SMILES string of the molecule is O=C1OCCN1CCSc1cn[nH]n1. The molecule has 0 aliphatic carbocycles. The van der Waals surface area contributed by atoms with Crippen LogP contribution < -0.4 is 0 Å². The van der Waals surface area contributed by atoms with Gasteiger partial charge in [-0.05, 0) is 0 Å². The molecule has 1 aliphatic heterocycles. The Labute approximate surface area is 85.0 Å². The van der Waals surface area contributed by atoms with E-state index in [4.69, 9.17) is 4.74 Å². The number of H-pyrrole nitrogens is 1. The van der Waals surface area contributed by atoms with Crippen LogP contribution >= 0.6 is 11.8 Å². The highest BCUT2D eigenvalue weighted by Crippen LogP contribution is 2.13. The molecular weight excluding hydrogens is 204 g/mol. The van der Waals surface area contributed by atoms with Gasteiger partial charge >= 0.3 is 6.09 Å². The van der Waals surface area contributed by atoms with Crippen LogP contribution in [0.2, 0.25) is 0 Å². The number of amides is 1. The lowest BCUT2D eigenvalue weighted by Crippen LogP contribution is -2.26. The monoisotopic (exact) mass is 214 g/mol. The Morgan fingerprint density at radius 2 is 2.64 bits per heavy atom. The summed E-state index contributed by atoms with van der Waals surface area (Å²) in [4.78, 5) is 12.7. The molecule has 0 radical (unpaired) electrons. The lowest BCUT2D eigenvalue weighted by Gasteiger charge is -2.10. The molecule has 7 heteroatoms. The maximum Gasteiger partial charge on any atom is 0.409 e. The van der Waals surface area contributed by atoms with Gasteiger partial charge in [-0.15, -0.1) is 16.9 Å². The third-order valence-corrected chi connectivity index (χ3v) is 2.73. The summed E-state index contributed by atoms with van der Waals surface area (Å²) < 4.78 is 4.80. The predicted octanol–water partition coefficient (Wildman–Crippen LogP) is 0.349. The van der Waals surface area contributed by atoms with Crippen molar-refractivity contribution >= 4 is 17.9 Å². The molecule has 0 unspecified atom stereocenters. The summed E-state index contributed by atoms with van der Waals surface area (Å²) in [5.74, 6) is 0.807. The highest BCUT2D eigenvalue weighted by molar-refractivity contribution is 7.99. The Balaban J connectivity index is 1.70. The molecule has 6 nitrogen and oxygen atoms in total. The van der Waals surface area contributed by atoms with Crippen LogP contribution in [0.5, 0.6) is 0 Å². The van der Waals surface area contributed by atoms with E-state index in [1.807, 2.05) is 0 Å². The van der Waals surface area contributed by atoms with E-state index in [0.29, 0.717) is 19.7 Å². The number of hydrogen-bond donors (Lipinski definition) is 1. The summed E-state index contributed by atoms with van der Waals surface area (Å²) >= 11 is 1.56. The zero-order valence-corrected chi connectivity index (χ0v) is 8.29. The zero-order chi connectivity index (χ0) is 9.80. The fraction of sp³-hybridized carbons (Fsp3) is 0.571. The number of cyclic esters (lactones) is 1. The van der Waals surface area contributed by atoms with Crippen LogP contribution in [-0.4, -0.2) is 51.9 Å². The van der Waals surface area contributed by atoms with E-state index < -0.39 is 0 Å². The van der Waals surface area contributed by atoms with Gasteiger partial charge in [0, 0.05) is 12.3 Å². The molecular formula is C7H10N4O2S. The lowest BCUT2D eigenvalue weighted by molar-refractivity contribution is 0.160. The number of nitrogens with one attached hydrogen (secondary N) is 1. The molecule has 1 N–H and O–H groups in total. The summed E-state index contributed by atoms with van der Waals surface area (Å²) in [6, 6.07) is 0. The quantitative estimate of drug-likeness (QED) is 0.732. The molecule has 76 valence electrons. The van der Waals surface area contributed by atoms with Gasteiger partial charge in [-0.2, -0.15) is 10.3 Å². The van der Waals surface area contributed by atoms with Gasteiger partial charge in [0.2, 0.25) is 0 Å². The fourth-order valence-electron chi connectivity index (χ4n) is 1.15. The lowest BCUT2D eigenvalue weighted by atomic mass is 10.6. The largest absolute Gasteiger partial charge is 0.448 e. The van der Waals surface area contributed by atoms with Crippen molar-refractivity contribution in [2.45, 2.75) is 5.03 Å². The van der Waals surface area contributed by atoms with E-state index in [2.05, 4.69) is 15.4 Å². The van der Waals surface area contributed by atoms with Gasteiger partial charge in [0.25, 0.3) is 0 Å². The molecule has 2 heterocycles. The van der Waals surface area contributed by atoms with Gasteiger partial charge < -0.3 is 9.64 Å². The molecule has 0 aromatic carbocycles. The first-order chi connectivity index (χ1) is 6.86. The summed E-state index contributed by atoms with van der Waals surface area (Å²) in [6.45, 7) is 1.89. The van der Waals surface area contributed by atoms with Crippen molar-refractivity contribution in [3.05, 3.63) is 6.20 Å². The minimum atomic E-state index is -0.217. The van der Waals surface area contributed by atoms with Crippen LogP contribution in [0.4, 0.5) is 4.79 Å². The molecule has 14 heavy (non-hydrogen) atoms. The molecule has 0 spiro atoms. The van der Waals surface area contributed by atoms with Crippen molar-refractivity contribution in [1.29, 1.82) is 0 Å². The van der Waals surface area contributed by atoms with Crippen LogP contribution in [0.1, 0.15) is 0 Å². The zero-order valence-electron chi connectivity index (χ0n) is 7.47. The van der Waals surface area contributed by atoms with E-state index in [-0.39, 0.29) is 6.09 Å². The number of hydrogen-bond acceptors (Lipinski definition) is 5. The van der Waals surface area contributed by atoms with Crippen LogP contribution in [-0.2, 0) is 4.74 Å². The summed E-state index contributed by atoms with van der Waals surface area (Å²) in [5.41, 5.74) is 0. The Morgan fingerprint density at radius 1 is 1.71 bits per heavy atom. The summed E-state index contributed by atoms with van der Waals surface area (Å²) in [6.07, 6.45) is 1.44. The van der Waals surface area contributed by atoms with Crippen molar-refractivity contribution in [3.63, 3.8) is 0 Å². The second-order valence-corrected chi connectivity index (χ2v) is 3.87. The highest BCUT2D eigenvalue weighted by Gasteiger charge is 2.20. The minimum absolute atomic E-state index is 0.217. The number of carbonyl (C=O) groups excluding carboxylic acids is 1. The Morgan fingerprint density at radius 3 is 3.29 bits per heavy atom. The average molecular weight is 214 g/mol. The second kappa shape index (κ2) is 4.32. The van der Waals surface area contributed by atoms with Gasteiger partial charge in [-0.3, -0.25) is 0 Å². The van der Waals surface area contributed by atoms with Gasteiger partial charge in [0.05, 0.1) is 12.7 Å². The van der Waals surface area contributed by atoms with E-state index >= 15 is 0 Å². The number of rotatable bonds is 4.